The Labute approximate surface area is 164 Å². The van der Waals surface area contributed by atoms with Gasteiger partial charge in [-0.05, 0) is 42.7 Å². The van der Waals surface area contributed by atoms with E-state index in [-0.39, 0.29) is 24.3 Å². The first-order valence-corrected chi connectivity index (χ1v) is 9.87. The van der Waals surface area contributed by atoms with Crippen molar-refractivity contribution in [2.75, 3.05) is 7.05 Å². The molecule has 0 spiro atoms. The molecule has 2 aromatic rings. The van der Waals surface area contributed by atoms with Crippen molar-refractivity contribution >= 4 is 17.7 Å². The van der Waals surface area contributed by atoms with Crippen molar-refractivity contribution in [3.05, 3.63) is 70.8 Å². The smallest absolute Gasteiger partial charge is 0.261 e. The molecule has 2 aromatic carbocycles. The predicted molar refractivity (Wildman–Crippen MR) is 106 cm³/mol. The van der Waals surface area contributed by atoms with Crippen molar-refractivity contribution in [3.8, 4) is 0 Å². The lowest BCUT2D eigenvalue weighted by Gasteiger charge is -2.31. The summed E-state index contributed by atoms with van der Waals surface area (Å²) >= 11 is 0. The number of fused-ring (bicyclic) bond motifs is 1. The molecule has 0 aromatic heterocycles. The lowest BCUT2D eigenvalue weighted by molar-refractivity contribution is 0.0641. The van der Waals surface area contributed by atoms with Gasteiger partial charge in [0.1, 0.15) is 0 Å². The van der Waals surface area contributed by atoms with E-state index in [1.54, 1.807) is 36.4 Å². The number of hydrogen-bond donors (Lipinski definition) is 0. The van der Waals surface area contributed by atoms with Crippen molar-refractivity contribution < 1.29 is 14.4 Å². The standard InChI is InChI=1S/C23H24N2O3/c1-24(18-10-3-2-4-11-18)21(26)17-9-7-8-16(14-17)15-25-22(27)19-12-5-6-13-20(19)23(25)28/h5-9,12-14,18H,2-4,10-11,15H2,1H3. The highest BCUT2D eigenvalue weighted by Crippen LogP contribution is 2.25. The molecule has 1 aliphatic carbocycles. The molecule has 1 heterocycles. The molecule has 0 saturated heterocycles. The van der Waals surface area contributed by atoms with Crippen LogP contribution in [-0.4, -0.2) is 40.6 Å². The molecule has 28 heavy (non-hydrogen) atoms. The van der Waals surface area contributed by atoms with Gasteiger partial charge in [-0.25, -0.2) is 0 Å². The summed E-state index contributed by atoms with van der Waals surface area (Å²) in [5.74, 6) is -0.565. The van der Waals surface area contributed by atoms with Gasteiger partial charge in [-0.3, -0.25) is 19.3 Å². The summed E-state index contributed by atoms with van der Waals surface area (Å²) in [6, 6.07) is 14.4. The maximum Gasteiger partial charge on any atom is 0.261 e. The van der Waals surface area contributed by atoms with Crippen LogP contribution in [0.2, 0.25) is 0 Å². The van der Waals surface area contributed by atoms with Gasteiger partial charge < -0.3 is 4.90 Å². The number of benzene rings is 2. The third-order valence-electron chi connectivity index (χ3n) is 5.84. The van der Waals surface area contributed by atoms with Crippen LogP contribution >= 0.6 is 0 Å². The predicted octanol–water partition coefficient (Wildman–Crippen LogP) is 3.89. The van der Waals surface area contributed by atoms with E-state index in [9.17, 15) is 14.4 Å². The number of amides is 3. The zero-order valence-electron chi connectivity index (χ0n) is 16.1. The van der Waals surface area contributed by atoms with E-state index in [0.29, 0.717) is 22.7 Å². The van der Waals surface area contributed by atoms with E-state index in [0.717, 1.165) is 18.4 Å². The quantitative estimate of drug-likeness (QED) is 0.761. The molecular formula is C23H24N2O3. The minimum atomic E-state index is -0.281. The lowest BCUT2D eigenvalue weighted by atomic mass is 9.94. The molecule has 1 saturated carbocycles. The second-order valence-corrected chi connectivity index (χ2v) is 7.65. The van der Waals surface area contributed by atoms with Crippen LogP contribution in [0.3, 0.4) is 0 Å². The van der Waals surface area contributed by atoms with Crippen molar-refractivity contribution in [2.24, 2.45) is 0 Å². The Morgan fingerprint density at radius 2 is 1.61 bits per heavy atom. The van der Waals surface area contributed by atoms with Crippen LogP contribution in [0.1, 0.15) is 68.7 Å². The number of carbonyl (C=O) groups excluding carboxylic acids is 3. The molecule has 3 amide bonds. The Morgan fingerprint density at radius 1 is 0.964 bits per heavy atom. The topological polar surface area (TPSA) is 57.7 Å². The van der Waals surface area contributed by atoms with Crippen molar-refractivity contribution in [3.63, 3.8) is 0 Å². The average molecular weight is 376 g/mol. The minimum Gasteiger partial charge on any atom is -0.339 e. The number of imide groups is 1. The average Bonchev–Trinajstić information content (AvgIpc) is 2.98. The van der Waals surface area contributed by atoms with Crippen LogP contribution in [0, 0.1) is 0 Å². The van der Waals surface area contributed by atoms with E-state index in [1.165, 1.54) is 24.2 Å². The molecule has 5 heteroatoms. The Kier molecular flexibility index (Phi) is 4.99. The normalized spacial score (nSPS) is 17.0. The lowest BCUT2D eigenvalue weighted by Crippen LogP contribution is -2.38. The molecule has 1 fully saturated rings. The van der Waals surface area contributed by atoms with Crippen LogP contribution in [0.4, 0.5) is 0 Å². The summed E-state index contributed by atoms with van der Waals surface area (Å²) in [6.07, 6.45) is 5.69. The molecule has 4 rings (SSSR count). The number of carbonyl (C=O) groups is 3. The van der Waals surface area contributed by atoms with Gasteiger partial charge in [-0.15, -0.1) is 0 Å². The van der Waals surface area contributed by atoms with Gasteiger partial charge in [0, 0.05) is 18.7 Å². The van der Waals surface area contributed by atoms with Gasteiger partial charge in [-0.2, -0.15) is 0 Å². The van der Waals surface area contributed by atoms with Gasteiger partial charge in [0.2, 0.25) is 0 Å². The summed E-state index contributed by atoms with van der Waals surface area (Å²) in [4.78, 5) is 41.2. The molecule has 2 aliphatic rings. The van der Waals surface area contributed by atoms with Crippen molar-refractivity contribution in [1.82, 2.24) is 9.80 Å². The molecule has 0 radical (unpaired) electrons. The van der Waals surface area contributed by atoms with Crippen LogP contribution < -0.4 is 0 Å². The van der Waals surface area contributed by atoms with Crippen LogP contribution in [0.5, 0.6) is 0 Å². The van der Waals surface area contributed by atoms with Gasteiger partial charge >= 0.3 is 0 Å². The Hall–Kier alpha value is -2.95. The maximum atomic E-state index is 12.9. The highest BCUT2D eigenvalue weighted by Gasteiger charge is 2.35. The summed E-state index contributed by atoms with van der Waals surface area (Å²) in [6.45, 7) is 0.167. The van der Waals surface area contributed by atoms with Gasteiger partial charge in [0.05, 0.1) is 17.7 Å². The number of nitrogens with zero attached hydrogens (tertiary/aromatic N) is 2. The van der Waals surface area contributed by atoms with E-state index >= 15 is 0 Å². The summed E-state index contributed by atoms with van der Waals surface area (Å²) in [5.41, 5.74) is 2.26. The van der Waals surface area contributed by atoms with Crippen molar-refractivity contribution in [1.29, 1.82) is 0 Å². The molecular weight excluding hydrogens is 352 g/mol. The molecule has 0 unspecified atom stereocenters. The fraction of sp³-hybridized carbons (Fsp3) is 0.348. The maximum absolute atomic E-state index is 12.9. The van der Waals surface area contributed by atoms with Crippen LogP contribution in [-0.2, 0) is 6.54 Å². The van der Waals surface area contributed by atoms with E-state index in [1.807, 2.05) is 24.1 Å². The number of hydrogen-bond acceptors (Lipinski definition) is 3. The second-order valence-electron chi connectivity index (χ2n) is 7.65. The zero-order valence-corrected chi connectivity index (χ0v) is 16.1. The molecule has 0 bridgehead atoms. The van der Waals surface area contributed by atoms with E-state index < -0.39 is 0 Å². The summed E-state index contributed by atoms with van der Waals surface area (Å²) in [7, 11) is 1.87. The van der Waals surface area contributed by atoms with Gasteiger partial charge in [-0.1, -0.05) is 43.5 Å². The fourth-order valence-electron chi connectivity index (χ4n) is 4.21. The molecule has 0 N–H and O–H groups in total. The first-order valence-electron chi connectivity index (χ1n) is 9.87. The largest absolute Gasteiger partial charge is 0.339 e. The van der Waals surface area contributed by atoms with E-state index in [2.05, 4.69) is 0 Å². The molecule has 5 nitrogen and oxygen atoms in total. The highest BCUT2D eigenvalue weighted by molar-refractivity contribution is 6.21. The molecule has 0 atom stereocenters. The third-order valence-corrected chi connectivity index (χ3v) is 5.84. The first-order chi connectivity index (χ1) is 13.6. The van der Waals surface area contributed by atoms with Gasteiger partial charge in [0.25, 0.3) is 17.7 Å². The Balaban J connectivity index is 1.51. The van der Waals surface area contributed by atoms with Gasteiger partial charge in [0.15, 0.2) is 0 Å². The first kappa shape index (κ1) is 18.4. The van der Waals surface area contributed by atoms with Crippen LogP contribution in [0.25, 0.3) is 0 Å². The van der Waals surface area contributed by atoms with Crippen LogP contribution in [0.15, 0.2) is 48.5 Å². The summed E-state index contributed by atoms with van der Waals surface area (Å²) < 4.78 is 0. The third kappa shape index (κ3) is 3.33. The molecule has 1 aliphatic heterocycles. The summed E-state index contributed by atoms with van der Waals surface area (Å²) in [5, 5.41) is 0. The Bertz CT molecular complexity index is 896. The number of rotatable bonds is 4. The zero-order chi connectivity index (χ0) is 19.7. The van der Waals surface area contributed by atoms with Crippen molar-refractivity contribution in [2.45, 2.75) is 44.7 Å². The minimum absolute atomic E-state index is 0.00360. The fourth-order valence-corrected chi connectivity index (χ4v) is 4.21. The van der Waals surface area contributed by atoms with E-state index in [4.69, 9.17) is 0 Å². The Morgan fingerprint density at radius 3 is 2.25 bits per heavy atom. The highest BCUT2D eigenvalue weighted by atomic mass is 16.2. The monoisotopic (exact) mass is 376 g/mol. The SMILES string of the molecule is CN(C(=O)c1cccc(CN2C(=O)c3ccccc3C2=O)c1)C1CCCCC1. The second kappa shape index (κ2) is 7.58. The molecule has 144 valence electrons.